The summed E-state index contributed by atoms with van der Waals surface area (Å²) in [6.45, 7) is 10.7. The lowest BCUT2D eigenvalue weighted by atomic mass is 9.92. The Morgan fingerprint density at radius 1 is 1.36 bits per heavy atom. The Bertz CT molecular complexity index is 270. The lowest BCUT2D eigenvalue weighted by molar-refractivity contribution is 0.361. The van der Waals surface area contributed by atoms with Crippen LogP contribution in [0, 0.1) is 12.3 Å². The molecule has 0 aliphatic rings. The van der Waals surface area contributed by atoms with E-state index >= 15 is 0 Å². The van der Waals surface area contributed by atoms with Crippen molar-refractivity contribution in [3.8, 4) is 0 Å². The van der Waals surface area contributed by atoms with E-state index in [0.717, 1.165) is 18.8 Å². The number of hydrogen-bond acceptors (Lipinski definition) is 2. The molecular formula is C12H21NO. The summed E-state index contributed by atoms with van der Waals surface area (Å²) in [7, 11) is 0. The molecule has 2 heteroatoms. The zero-order valence-electron chi connectivity index (χ0n) is 9.68. The fourth-order valence-electron chi connectivity index (χ4n) is 1.25. The average molecular weight is 195 g/mol. The number of aryl methyl sites for hydroxylation is 1. The van der Waals surface area contributed by atoms with Crippen LogP contribution in [0.2, 0.25) is 0 Å². The molecule has 0 aliphatic carbocycles. The molecule has 0 unspecified atom stereocenters. The van der Waals surface area contributed by atoms with Crippen molar-refractivity contribution < 1.29 is 4.42 Å². The van der Waals surface area contributed by atoms with E-state index in [4.69, 9.17) is 4.42 Å². The van der Waals surface area contributed by atoms with Crippen LogP contribution in [-0.2, 0) is 6.54 Å². The molecule has 0 fully saturated rings. The summed E-state index contributed by atoms with van der Waals surface area (Å²) in [5.74, 6) is 1.05. The molecule has 0 saturated heterocycles. The molecule has 1 N–H and O–H groups in total. The van der Waals surface area contributed by atoms with E-state index in [0.29, 0.717) is 5.41 Å². The lowest BCUT2D eigenvalue weighted by Crippen LogP contribution is -2.20. The van der Waals surface area contributed by atoms with Gasteiger partial charge in [-0.1, -0.05) is 20.8 Å². The number of hydrogen-bond donors (Lipinski definition) is 1. The van der Waals surface area contributed by atoms with Crippen LogP contribution in [0.3, 0.4) is 0 Å². The molecule has 1 heterocycles. The standard InChI is InChI=1S/C12H21NO/c1-10-5-8-14-11(10)9-13-7-6-12(2,3)4/h5,8,13H,6-7,9H2,1-4H3. The van der Waals surface area contributed by atoms with E-state index in [1.165, 1.54) is 12.0 Å². The van der Waals surface area contributed by atoms with Gasteiger partial charge >= 0.3 is 0 Å². The highest BCUT2D eigenvalue weighted by molar-refractivity contribution is 5.13. The van der Waals surface area contributed by atoms with Gasteiger partial charge in [-0.05, 0) is 36.9 Å². The summed E-state index contributed by atoms with van der Waals surface area (Å²) in [5, 5.41) is 3.39. The van der Waals surface area contributed by atoms with E-state index in [-0.39, 0.29) is 0 Å². The molecule has 0 amide bonds. The highest BCUT2D eigenvalue weighted by Crippen LogP contribution is 2.17. The third-order valence-corrected chi connectivity index (χ3v) is 2.31. The smallest absolute Gasteiger partial charge is 0.120 e. The predicted octanol–water partition coefficient (Wildman–Crippen LogP) is 3.11. The van der Waals surface area contributed by atoms with Gasteiger partial charge in [0, 0.05) is 0 Å². The van der Waals surface area contributed by atoms with Crippen LogP contribution >= 0.6 is 0 Å². The minimum Gasteiger partial charge on any atom is -0.468 e. The molecule has 2 nitrogen and oxygen atoms in total. The van der Waals surface area contributed by atoms with Gasteiger partial charge in [0.1, 0.15) is 5.76 Å². The minimum atomic E-state index is 0.408. The zero-order valence-corrected chi connectivity index (χ0v) is 9.68. The van der Waals surface area contributed by atoms with Crippen LogP contribution in [0.5, 0.6) is 0 Å². The first-order valence-electron chi connectivity index (χ1n) is 5.23. The number of furan rings is 1. The molecular weight excluding hydrogens is 174 g/mol. The van der Waals surface area contributed by atoms with Crippen LogP contribution in [-0.4, -0.2) is 6.54 Å². The van der Waals surface area contributed by atoms with E-state index in [1.807, 2.05) is 6.07 Å². The maximum Gasteiger partial charge on any atom is 0.120 e. The van der Waals surface area contributed by atoms with E-state index in [1.54, 1.807) is 6.26 Å². The second-order valence-corrected chi connectivity index (χ2v) is 5.01. The Morgan fingerprint density at radius 2 is 2.07 bits per heavy atom. The predicted molar refractivity (Wildman–Crippen MR) is 59.2 cm³/mol. The first-order chi connectivity index (χ1) is 6.49. The molecule has 80 valence electrons. The first kappa shape index (κ1) is 11.3. The average Bonchev–Trinajstić information content (AvgIpc) is 2.44. The number of nitrogens with one attached hydrogen (secondary N) is 1. The Balaban J connectivity index is 2.20. The highest BCUT2D eigenvalue weighted by Gasteiger charge is 2.09. The van der Waals surface area contributed by atoms with Crippen LogP contribution in [0.4, 0.5) is 0 Å². The summed E-state index contributed by atoms with van der Waals surface area (Å²) < 4.78 is 5.33. The van der Waals surface area contributed by atoms with Crippen LogP contribution in [0.1, 0.15) is 38.5 Å². The van der Waals surface area contributed by atoms with Gasteiger partial charge in [0.15, 0.2) is 0 Å². The molecule has 0 radical (unpaired) electrons. The van der Waals surface area contributed by atoms with Gasteiger partial charge in [0.2, 0.25) is 0 Å². The van der Waals surface area contributed by atoms with E-state index < -0.39 is 0 Å². The first-order valence-corrected chi connectivity index (χ1v) is 5.23. The van der Waals surface area contributed by atoms with Crippen molar-refractivity contribution in [2.24, 2.45) is 5.41 Å². The van der Waals surface area contributed by atoms with Gasteiger partial charge in [0.05, 0.1) is 12.8 Å². The van der Waals surface area contributed by atoms with Crippen LogP contribution < -0.4 is 5.32 Å². The fraction of sp³-hybridized carbons (Fsp3) is 0.667. The van der Waals surface area contributed by atoms with Gasteiger partial charge < -0.3 is 9.73 Å². The molecule has 1 aromatic heterocycles. The topological polar surface area (TPSA) is 25.2 Å². The molecule has 0 aromatic carbocycles. The summed E-state index contributed by atoms with van der Waals surface area (Å²) >= 11 is 0. The Labute approximate surface area is 86.7 Å². The summed E-state index contributed by atoms with van der Waals surface area (Å²) in [6.07, 6.45) is 2.93. The third kappa shape index (κ3) is 3.97. The minimum absolute atomic E-state index is 0.408. The summed E-state index contributed by atoms with van der Waals surface area (Å²) in [4.78, 5) is 0. The fourth-order valence-corrected chi connectivity index (χ4v) is 1.25. The molecule has 0 aliphatic heterocycles. The van der Waals surface area contributed by atoms with Crippen LogP contribution in [0.15, 0.2) is 16.7 Å². The van der Waals surface area contributed by atoms with Crippen molar-refractivity contribution in [1.29, 1.82) is 0 Å². The van der Waals surface area contributed by atoms with Crippen molar-refractivity contribution in [2.75, 3.05) is 6.54 Å². The van der Waals surface area contributed by atoms with Gasteiger partial charge in [-0.15, -0.1) is 0 Å². The summed E-state index contributed by atoms with van der Waals surface area (Å²) in [5.41, 5.74) is 1.64. The van der Waals surface area contributed by atoms with E-state index in [9.17, 15) is 0 Å². The molecule has 0 saturated carbocycles. The Kier molecular flexibility index (Phi) is 3.76. The zero-order chi connectivity index (χ0) is 10.6. The molecule has 0 bridgehead atoms. The monoisotopic (exact) mass is 195 g/mol. The van der Waals surface area contributed by atoms with E-state index in [2.05, 4.69) is 33.0 Å². The Morgan fingerprint density at radius 3 is 2.57 bits per heavy atom. The number of rotatable bonds is 4. The van der Waals surface area contributed by atoms with Crippen molar-refractivity contribution in [3.63, 3.8) is 0 Å². The highest BCUT2D eigenvalue weighted by atomic mass is 16.3. The van der Waals surface area contributed by atoms with Crippen LogP contribution in [0.25, 0.3) is 0 Å². The van der Waals surface area contributed by atoms with Crippen molar-refractivity contribution in [2.45, 2.75) is 40.7 Å². The summed E-state index contributed by atoms with van der Waals surface area (Å²) in [6, 6.07) is 2.00. The molecule has 1 aromatic rings. The maximum absolute atomic E-state index is 5.33. The van der Waals surface area contributed by atoms with Gasteiger partial charge in [0.25, 0.3) is 0 Å². The molecule has 0 spiro atoms. The quantitative estimate of drug-likeness (QED) is 0.747. The second-order valence-electron chi connectivity index (χ2n) is 5.01. The molecule has 14 heavy (non-hydrogen) atoms. The Hall–Kier alpha value is -0.760. The third-order valence-electron chi connectivity index (χ3n) is 2.31. The van der Waals surface area contributed by atoms with Crippen molar-refractivity contribution >= 4 is 0 Å². The largest absolute Gasteiger partial charge is 0.468 e. The maximum atomic E-state index is 5.33. The van der Waals surface area contributed by atoms with Gasteiger partial charge in [-0.3, -0.25) is 0 Å². The second kappa shape index (κ2) is 4.65. The normalized spacial score (nSPS) is 12.0. The molecule has 1 rings (SSSR count). The molecule has 0 atom stereocenters. The lowest BCUT2D eigenvalue weighted by Gasteiger charge is -2.17. The van der Waals surface area contributed by atoms with Crippen molar-refractivity contribution in [3.05, 3.63) is 23.7 Å². The SMILES string of the molecule is Cc1ccoc1CNCCC(C)(C)C. The van der Waals surface area contributed by atoms with Crippen molar-refractivity contribution in [1.82, 2.24) is 5.32 Å². The van der Waals surface area contributed by atoms with Gasteiger partial charge in [-0.25, -0.2) is 0 Å². The van der Waals surface area contributed by atoms with Gasteiger partial charge in [-0.2, -0.15) is 0 Å².